The maximum atomic E-state index is 5.60. The predicted octanol–water partition coefficient (Wildman–Crippen LogP) is 0.782. The number of nitrogens with zero attached hydrogens (tertiary/aromatic N) is 5. The zero-order valence-corrected chi connectivity index (χ0v) is 10.8. The summed E-state index contributed by atoms with van der Waals surface area (Å²) < 4.78 is 3.84. The van der Waals surface area contributed by atoms with Crippen molar-refractivity contribution < 1.29 is 0 Å². The highest BCUT2D eigenvalue weighted by atomic mass is 32.2. The molecule has 0 aliphatic rings. The number of aryl methyl sites for hydroxylation is 1. The molecule has 0 atom stereocenters. The van der Waals surface area contributed by atoms with Gasteiger partial charge in [-0.05, 0) is 6.92 Å². The van der Waals surface area contributed by atoms with Gasteiger partial charge in [-0.15, -0.1) is 10.2 Å². The lowest BCUT2D eigenvalue weighted by Gasteiger charge is -2.04. The Morgan fingerprint density at radius 3 is 2.82 bits per heavy atom. The monoisotopic (exact) mass is 252 g/mol. The molecule has 17 heavy (non-hydrogen) atoms. The third-order valence-corrected chi connectivity index (χ3v) is 3.46. The molecular formula is C10H16N6S. The van der Waals surface area contributed by atoms with Crippen LogP contribution in [-0.4, -0.2) is 24.5 Å². The van der Waals surface area contributed by atoms with Crippen LogP contribution in [-0.2, 0) is 25.9 Å². The van der Waals surface area contributed by atoms with Gasteiger partial charge in [0.05, 0.1) is 12.7 Å². The summed E-state index contributed by atoms with van der Waals surface area (Å²) in [4.78, 5) is 0. The van der Waals surface area contributed by atoms with Crippen molar-refractivity contribution in [3.05, 3.63) is 23.8 Å². The summed E-state index contributed by atoms with van der Waals surface area (Å²) in [6.45, 7) is 3.33. The zero-order valence-electron chi connectivity index (χ0n) is 10.00. The van der Waals surface area contributed by atoms with Gasteiger partial charge >= 0.3 is 0 Å². The lowest BCUT2D eigenvalue weighted by molar-refractivity contribution is 0.643. The summed E-state index contributed by atoms with van der Waals surface area (Å²) in [7, 11) is 1.91. The molecule has 2 aromatic heterocycles. The first-order valence-corrected chi connectivity index (χ1v) is 6.45. The second kappa shape index (κ2) is 5.33. The van der Waals surface area contributed by atoms with E-state index in [0.717, 1.165) is 23.3 Å². The minimum Gasteiger partial charge on any atom is -0.324 e. The van der Waals surface area contributed by atoms with E-state index in [4.69, 9.17) is 5.73 Å². The van der Waals surface area contributed by atoms with E-state index >= 15 is 0 Å². The number of rotatable bonds is 5. The van der Waals surface area contributed by atoms with Crippen molar-refractivity contribution in [2.75, 3.05) is 0 Å². The van der Waals surface area contributed by atoms with E-state index in [0.29, 0.717) is 6.54 Å². The van der Waals surface area contributed by atoms with Crippen molar-refractivity contribution in [3.63, 3.8) is 0 Å². The zero-order chi connectivity index (χ0) is 12.3. The normalized spacial score (nSPS) is 11.0. The first-order valence-electron chi connectivity index (χ1n) is 5.47. The third-order valence-electron chi connectivity index (χ3n) is 2.42. The van der Waals surface area contributed by atoms with Gasteiger partial charge in [0.2, 0.25) is 0 Å². The van der Waals surface area contributed by atoms with Crippen LogP contribution in [0.5, 0.6) is 0 Å². The van der Waals surface area contributed by atoms with Crippen LogP contribution in [0.15, 0.2) is 17.6 Å². The Balaban J connectivity index is 2.06. The molecule has 0 fully saturated rings. The van der Waals surface area contributed by atoms with E-state index in [1.807, 2.05) is 24.0 Å². The SMILES string of the molecule is CCn1c(CN)nnc1SCc1cnn(C)c1. The van der Waals surface area contributed by atoms with Gasteiger partial charge in [-0.3, -0.25) is 4.68 Å². The van der Waals surface area contributed by atoms with Crippen LogP contribution in [0.1, 0.15) is 18.3 Å². The molecule has 0 aromatic carbocycles. The van der Waals surface area contributed by atoms with Crippen LogP contribution >= 0.6 is 11.8 Å². The van der Waals surface area contributed by atoms with Crippen LogP contribution in [0.2, 0.25) is 0 Å². The van der Waals surface area contributed by atoms with Crippen molar-refractivity contribution in [1.29, 1.82) is 0 Å². The van der Waals surface area contributed by atoms with Gasteiger partial charge in [0.15, 0.2) is 5.16 Å². The van der Waals surface area contributed by atoms with Crippen molar-refractivity contribution in [2.45, 2.75) is 30.9 Å². The highest BCUT2D eigenvalue weighted by Crippen LogP contribution is 2.21. The largest absolute Gasteiger partial charge is 0.324 e. The van der Waals surface area contributed by atoms with Gasteiger partial charge in [0.25, 0.3) is 0 Å². The first-order chi connectivity index (χ1) is 8.24. The Kier molecular flexibility index (Phi) is 3.80. The van der Waals surface area contributed by atoms with Crippen LogP contribution in [0, 0.1) is 0 Å². The molecule has 0 spiro atoms. The molecule has 0 aliphatic carbocycles. The Hall–Kier alpha value is -1.34. The van der Waals surface area contributed by atoms with Crippen LogP contribution in [0.4, 0.5) is 0 Å². The molecule has 6 nitrogen and oxygen atoms in total. The summed E-state index contributed by atoms with van der Waals surface area (Å²) in [5, 5.41) is 13.3. The van der Waals surface area contributed by atoms with E-state index in [1.165, 1.54) is 5.56 Å². The Morgan fingerprint density at radius 1 is 1.41 bits per heavy atom. The number of aromatic nitrogens is 5. The minimum atomic E-state index is 0.425. The fraction of sp³-hybridized carbons (Fsp3) is 0.500. The highest BCUT2D eigenvalue weighted by Gasteiger charge is 2.10. The fourth-order valence-electron chi connectivity index (χ4n) is 1.59. The highest BCUT2D eigenvalue weighted by molar-refractivity contribution is 7.98. The summed E-state index contributed by atoms with van der Waals surface area (Å²) in [5.74, 6) is 1.68. The average molecular weight is 252 g/mol. The maximum absolute atomic E-state index is 5.60. The van der Waals surface area contributed by atoms with Gasteiger partial charge < -0.3 is 10.3 Å². The van der Waals surface area contributed by atoms with Crippen LogP contribution < -0.4 is 5.73 Å². The van der Waals surface area contributed by atoms with Gasteiger partial charge in [-0.1, -0.05) is 11.8 Å². The number of nitrogens with two attached hydrogens (primary N) is 1. The van der Waals surface area contributed by atoms with E-state index in [2.05, 4.69) is 22.2 Å². The molecule has 0 aliphatic heterocycles. The minimum absolute atomic E-state index is 0.425. The van der Waals surface area contributed by atoms with Crippen molar-refractivity contribution >= 4 is 11.8 Å². The van der Waals surface area contributed by atoms with E-state index < -0.39 is 0 Å². The number of hydrogen-bond donors (Lipinski definition) is 1. The molecular weight excluding hydrogens is 236 g/mol. The molecule has 0 saturated carbocycles. The number of hydrogen-bond acceptors (Lipinski definition) is 5. The van der Waals surface area contributed by atoms with E-state index in [9.17, 15) is 0 Å². The third kappa shape index (κ3) is 2.67. The van der Waals surface area contributed by atoms with Crippen LogP contribution in [0.25, 0.3) is 0 Å². The van der Waals surface area contributed by atoms with Crippen molar-refractivity contribution in [1.82, 2.24) is 24.5 Å². The summed E-state index contributed by atoms with van der Waals surface area (Å²) >= 11 is 1.65. The molecule has 92 valence electrons. The van der Waals surface area contributed by atoms with Crippen molar-refractivity contribution in [3.8, 4) is 0 Å². The smallest absolute Gasteiger partial charge is 0.191 e. The Labute approximate surface area is 104 Å². The molecule has 7 heteroatoms. The average Bonchev–Trinajstić information content (AvgIpc) is 2.91. The summed E-state index contributed by atoms with van der Waals surface area (Å²) in [6, 6.07) is 0. The molecule has 2 aromatic rings. The lowest BCUT2D eigenvalue weighted by Crippen LogP contribution is -2.07. The second-order valence-electron chi connectivity index (χ2n) is 3.66. The fourth-order valence-corrected chi connectivity index (χ4v) is 2.52. The van der Waals surface area contributed by atoms with Gasteiger partial charge in [-0.25, -0.2) is 0 Å². The molecule has 0 amide bonds. The number of thioether (sulfide) groups is 1. The maximum Gasteiger partial charge on any atom is 0.191 e. The Morgan fingerprint density at radius 2 is 2.24 bits per heavy atom. The van der Waals surface area contributed by atoms with E-state index in [-0.39, 0.29) is 0 Å². The summed E-state index contributed by atoms with van der Waals surface area (Å²) in [6.07, 6.45) is 3.87. The van der Waals surface area contributed by atoms with Gasteiger partial charge in [0, 0.05) is 31.1 Å². The topological polar surface area (TPSA) is 74.6 Å². The standard InChI is InChI=1S/C10H16N6S/c1-3-16-9(4-11)13-14-10(16)17-7-8-5-12-15(2)6-8/h5-6H,3-4,7,11H2,1-2H3. The second-order valence-corrected chi connectivity index (χ2v) is 4.60. The van der Waals surface area contributed by atoms with Crippen molar-refractivity contribution in [2.24, 2.45) is 12.8 Å². The molecule has 0 saturated heterocycles. The molecule has 0 bridgehead atoms. The van der Waals surface area contributed by atoms with Gasteiger partial charge in [-0.2, -0.15) is 5.10 Å². The van der Waals surface area contributed by atoms with Gasteiger partial charge in [0.1, 0.15) is 5.82 Å². The van der Waals surface area contributed by atoms with Crippen LogP contribution in [0.3, 0.4) is 0 Å². The van der Waals surface area contributed by atoms with E-state index in [1.54, 1.807) is 16.4 Å². The quantitative estimate of drug-likeness (QED) is 0.796. The molecule has 2 heterocycles. The first kappa shape index (κ1) is 12.1. The molecule has 0 unspecified atom stereocenters. The molecule has 0 radical (unpaired) electrons. The summed E-state index contributed by atoms with van der Waals surface area (Å²) in [5.41, 5.74) is 6.78. The molecule has 2 rings (SSSR count). The lowest BCUT2D eigenvalue weighted by atomic mass is 10.4. The Bertz CT molecular complexity index is 489. The predicted molar refractivity (Wildman–Crippen MR) is 66.4 cm³/mol. The molecule has 2 N–H and O–H groups in total.